The molecule has 0 spiro atoms. The van der Waals surface area contributed by atoms with Gasteiger partial charge in [0.05, 0.1) is 12.2 Å². The van der Waals surface area contributed by atoms with Crippen molar-refractivity contribution < 1.29 is 33.7 Å². The van der Waals surface area contributed by atoms with Crippen molar-refractivity contribution >= 4 is 17.8 Å². The molecule has 0 saturated carbocycles. The number of amides is 1. The van der Waals surface area contributed by atoms with E-state index in [1.54, 1.807) is 0 Å². The number of aliphatic hydroxyl groups is 1. The van der Waals surface area contributed by atoms with E-state index in [0.29, 0.717) is 11.0 Å². The van der Waals surface area contributed by atoms with Crippen LogP contribution < -0.4 is 0 Å². The predicted molar refractivity (Wildman–Crippen MR) is 66.4 cm³/mol. The van der Waals surface area contributed by atoms with Crippen LogP contribution in [-0.2, 0) is 4.79 Å². The lowest BCUT2D eigenvalue weighted by molar-refractivity contribution is -0.146. The highest BCUT2D eigenvalue weighted by molar-refractivity contribution is 5.91. The molecule has 21 heavy (non-hydrogen) atoms. The molecule has 0 aliphatic carbocycles. The minimum atomic E-state index is -1.89. The Hall–Kier alpha value is -2.64. The number of aliphatic carboxylic acids is 1. The number of carboxylic acids is 1. The maximum atomic E-state index is 13.8. The third kappa shape index (κ3) is 2.18. The number of carboxylic acid groups (broad SMARTS) is 2. The molecule has 2 rings (SSSR count). The minimum absolute atomic E-state index is 0.388. The molecular formula is C13H11F2NO5. The van der Waals surface area contributed by atoms with Crippen molar-refractivity contribution in [2.75, 3.05) is 6.54 Å². The molecule has 1 aromatic carbocycles. The second-order valence-corrected chi connectivity index (χ2v) is 4.83. The third-order valence-electron chi connectivity index (χ3n) is 3.38. The second kappa shape index (κ2) is 4.72. The van der Waals surface area contributed by atoms with Crippen molar-refractivity contribution in [1.82, 2.24) is 4.90 Å². The van der Waals surface area contributed by atoms with E-state index < -0.39 is 47.1 Å². The van der Waals surface area contributed by atoms with Crippen molar-refractivity contribution in [1.29, 1.82) is 0 Å². The molecule has 3 N–H and O–H groups in total. The summed E-state index contributed by atoms with van der Waals surface area (Å²) < 4.78 is 26.7. The van der Waals surface area contributed by atoms with E-state index in [0.717, 1.165) is 19.1 Å². The van der Waals surface area contributed by atoms with Gasteiger partial charge >= 0.3 is 12.1 Å². The molecule has 1 aliphatic heterocycles. The van der Waals surface area contributed by atoms with Crippen LogP contribution in [0, 0.1) is 17.0 Å². The van der Waals surface area contributed by atoms with Crippen LogP contribution in [0.25, 0.3) is 5.70 Å². The van der Waals surface area contributed by atoms with Gasteiger partial charge in [0.15, 0.2) is 0 Å². The first kappa shape index (κ1) is 14.8. The van der Waals surface area contributed by atoms with Crippen LogP contribution in [0.15, 0.2) is 24.0 Å². The Labute approximate surface area is 117 Å². The topological polar surface area (TPSA) is 98.1 Å². The Bertz CT molecular complexity index is 673. The molecule has 8 heteroatoms. The first-order chi connectivity index (χ1) is 9.68. The number of benzene rings is 1. The SMILES string of the molecule is CC1(C(=O)O)CN(C(=O)O)C(c2ccc(F)cc2F)=C1O. The number of rotatable bonds is 2. The average Bonchev–Trinajstić information content (AvgIpc) is 2.65. The van der Waals surface area contributed by atoms with Crippen LogP contribution >= 0.6 is 0 Å². The Morgan fingerprint density at radius 1 is 1.29 bits per heavy atom. The lowest BCUT2D eigenvalue weighted by atomic mass is 9.89. The normalized spacial score (nSPS) is 21.8. The van der Waals surface area contributed by atoms with Gasteiger partial charge in [0.1, 0.15) is 22.8 Å². The minimum Gasteiger partial charge on any atom is -0.509 e. The quantitative estimate of drug-likeness (QED) is 0.778. The lowest BCUT2D eigenvalue weighted by Crippen LogP contribution is -2.36. The molecule has 0 saturated heterocycles. The van der Waals surface area contributed by atoms with Gasteiger partial charge in [-0.1, -0.05) is 0 Å². The molecule has 1 unspecified atom stereocenters. The summed E-state index contributed by atoms with van der Waals surface area (Å²) in [5, 5.41) is 28.3. The van der Waals surface area contributed by atoms with E-state index in [-0.39, 0.29) is 5.56 Å². The van der Waals surface area contributed by atoms with Gasteiger partial charge in [-0.2, -0.15) is 0 Å². The van der Waals surface area contributed by atoms with Crippen LogP contribution in [0.1, 0.15) is 12.5 Å². The molecule has 0 fully saturated rings. The van der Waals surface area contributed by atoms with Gasteiger partial charge in [0.25, 0.3) is 0 Å². The van der Waals surface area contributed by atoms with E-state index in [1.807, 2.05) is 0 Å². The van der Waals surface area contributed by atoms with Crippen molar-refractivity contribution in [3.8, 4) is 0 Å². The summed E-state index contributed by atoms with van der Waals surface area (Å²) in [5.41, 5.74) is -2.78. The number of halogens is 2. The largest absolute Gasteiger partial charge is 0.509 e. The summed E-state index contributed by atoms with van der Waals surface area (Å²) in [6.45, 7) is 0.546. The summed E-state index contributed by atoms with van der Waals surface area (Å²) in [4.78, 5) is 23.0. The number of hydrogen-bond acceptors (Lipinski definition) is 3. The van der Waals surface area contributed by atoms with Crippen LogP contribution in [0.5, 0.6) is 0 Å². The highest BCUT2D eigenvalue weighted by atomic mass is 19.1. The van der Waals surface area contributed by atoms with Gasteiger partial charge in [-0.05, 0) is 19.1 Å². The molecule has 1 aromatic rings. The lowest BCUT2D eigenvalue weighted by Gasteiger charge is -2.19. The third-order valence-corrected chi connectivity index (χ3v) is 3.38. The Balaban J connectivity index is 2.68. The Morgan fingerprint density at radius 2 is 1.90 bits per heavy atom. The maximum absolute atomic E-state index is 13.8. The zero-order chi connectivity index (χ0) is 15.9. The van der Waals surface area contributed by atoms with E-state index in [4.69, 9.17) is 10.2 Å². The van der Waals surface area contributed by atoms with E-state index >= 15 is 0 Å². The van der Waals surface area contributed by atoms with Gasteiger partial charge in [0, 0.05) is 11.6 Å². The Kier molecular flexibility index (Phi) is 3.32. The predicted octanol–water partition coefficient (Wildman–Crippen LogP) is 2.28. The van der Waals surface area contributed by atoms with E-state index in [2.05, 4.69) is 0 Å². The molecule has 6 nitrogen and oxygen atoms in total. The van der Waals surface area contributed by atoms with Gasteiger partial charge in [-0.25, -0.2) is 13.6 Å². The highest BCUT2D eigenvalue weighted by Crippen LogP contribution is 2.42. The second-order valence-electron chi connectivity index (χ2n) is 4.83. The number of carbonyl (C=O) groups is 2. The summed E-state index contributed by atoms with van der Waals surface area (Å²) in [7, 11) is 0. The zero-order valence-electron chi connectivity index (χ0n) is 10.8. The van der Waals surface area contributed by atoms with E-state index in [9.17, 15) is 23.5 Å². The van der Waals surface area contributed by atoms with Gasteiger partial charge in [0.2, 0.25) is 0 Å². The molecule has 1 atom stereocenters. The van der Waals surface area contributed by atoms with Crippen LogP contribution in [0.3, 0.4) is 0 Å². The first-order valence-electron chi connectivity index (χ1n) is 5.81. The molecule has 0 bridgehead atoms. The summed E-state index contributed by atoms with van der Waals surface area (Å²) >= 11 is 0. The van der Waals surface area contributed by atoms with Crippen molar-refractivity contribution in [2.24, 2.45) is 5.41 Å². The summed E-state index contributed by atoms with van der Waals surface area (Å²) in [6.07, 6.45) is -1.55. The van der Waals surface area contributed by atoms with Crippen LogP contribution in [0.2, 0.25) is 0 Å². The van der Waals surface area contributed by atoms with Crippen molar-refractivity contribution in [3.05, 3.63) is 41.2 Å². The standard InChI is InChI=1S/C13H11F2NO5/c1-13(11(18)19)5-16(12(20)21)9(10(13)17)7-3-2-6(14)4-8(7)15/h2-4,17H,5H2,1H3,(H,18,19)(H,20,21). The fourth-order valence-corrected chi connectivity index (χ4v) is 2.15. The molecule has 0 radical (unpaired) electrons. The average molecular weight is 299 g/mol. The smallest absolute Gasteiger partial charge is 0.411 e. The number of nitrogens with zero attached hydrogens (tertiary/aromatic N) is 1. The fraction of sp³-hybridized carbons (Fsp3) is 0.231. The molecular weight excluding hydrogens is 288 g/mol. The molecule has 1 aliphatic rings. The van der Waals surface area contributed by atoms with Gasteiger partial charge < -0.3 is 15.3 Å². The fourth-order valence-electron chi connectivity index (χ4n) is 2.15. The van der Waals surface area contributed by atoms with E-state index in [1.165, 1.54) is 0 Å². The van der Waals surface area contributed by atoms with Crippen molar-refractivity contribution in [2.45, 2.75) is 6.92 Å². The summed E-state index contributed by atoms with van der Waals surface area (Å²) in [5.74, 6) is -4.22. The summed E-state index contributed by atoms with van der Waals surface area (Å²) in [6, 6.07) is 2.35. The molecule has 1 amide bonds. The monoisotopic (exact) mass is 299 g/mol. The van der Waals surface area contributed by atoms with Gasteiger partial charge in [-0.15, -0.1) is 0 Å². The number of hydrogen-bond donors (Lipinski definition) is 3. The van der Waals surface area contributed by atoms with Crippen LogP contribution in [0.4, 0.5) is 13.6 Å². The number of aliphatic hydroxyl groups excluding tert-OH is 1. The molecule has 112 valence electrons. The van der Waals surface area contributed by atoms with Crippen LogP contribution in [-0.4, -0.2) is 38.8 Å². The van der Waals surface area contributed by atoms with Gasteiger partial charge in [-0.3, -0.25) is 9.69 Å². The highest BCUT2D eigenvalue weighted by Gasteiger charge is 2.50. The molecule has 1 heterocycles. The Morgan fingerprint density at radius 3 is 2.38 bits per heavy atom. The van der Waals surface area contributed by atoms with Crippen molar-refractivity contribution in [3.63, 3.8) is 0 Å². The maximum Gasteiger partial charge on any atom is 0.411 e. The zero-order valence-corrected chi connectivity index (χ0v) is 10.8. The first-order valence-corrected chi connectivity index (χ1v) is 5.81. The molecule has 0 aromatic heterocycles.